The maximum atomic E-state index is 12.9. The molecule has 0 radical (unpaired) electrons. The summed E-state index contributed by atoms with van der Waals surface area (Å²) in [6, 6.07) is 4.58. The first-order valence-corrected chi connectivity index (χ1v) is 8.57. The summed E-state index contributed by atoms with van der Waals surface area (Å²) in [5, 5.41) is 5.74. The Labute approximate surface area is 134 Å². The van der Waals surface area contributed by atoms with Gasteiger partial charge >= 0.3 is 0 Å². The summed E-state index contributed by atoms with van der Waals surface area (Å²) in [4.78, 5) is 11.9. The van der Waals surface area contributed by atoms with Gasteiger partial charge in [0, 0.05) is 31.8 Å². The molecule has 2 rings (SSSR count). The van der Waals surface area contributed by atoms with E-state index in [0.717, 1.165) is 17.7 Å². The molecular formula is C15H18FN3O3S. The highest BCUT2D eigenvalue weighted by atomic mass is 32.2. The first kappa shape index (κ1) is 17.1. The number of aromatic nitrogens is 2. The van der Waals surface area contributed by atoms with Crippen LogP contribution < -0.4 is 5.32 Å². The third-order valence-corrected chi connectivity index (χ3v) is 5.55. The number of halogens is 1. The average Bonchev–Trinajstić information content (AvgIpc) is 2.91. The van der Waals surface area contributed by atoms with Gasteiger partial charge in [-0.2, -0.15) is 5.10 Å². The first-order valence-electron chi connectivity index (χ1n) is 7.02. The van der Waals surface area contributed by atoms with E-state index >= 15 is 0 Å². The fraction of sp³-hybridized carbons (Fsp3) is 0.333. The van der Waals surface area contributed by atoms with Crippen molar-refractivity contribution in [1.29, 1.82) is 0 Å². The number of carbonyl (C=O) groups excluding carboxylic acids is 1. The fourth-order valence-corrected chi connectivity index (χ4v) is 3.41. The molecule has 0 bridgehead atoms. The van der Waals surface area contributed by atoms with Gasteiger partial charge < -0.3 is 5.32 Å². The Bertz CT molecular complexity index is 785. The van der Waals surface area contributed by atoms with E-state index in [1.165, 1.54) is 19.1 Å². The monoisotopic (exact) mass is 339 g/mol. The summed E-state index contributed by atoms with van der Waals surface area (Å²) in [6.07, 6.45) is 3.22. The molecule has 1 aromatic carbocycles. The number of hydrogen-bond acceptors (Lipinski definition) is 4. The third kappa shape index (κ3) is 4.38. The van der Waals surface area contributed by atoms with Crippen LogP contribution in [0.4, 0.5) is 4.39 Å². The second kappa shape index (κ2) is 6.91. The van der Waals surface area contributed by atoms with Crippen LogP contribution in [0.5, 0.6) is 0 Å². The van der Waals surface area contributed by atoms with E-state index in [-0.39, 0.29) is 23.8 Å². The van der Waals surface area contributed by atoms with Crippen molar-refractivity contribution in [3.8, 4) is 0 Å². The van der Waals surface area contributed by atoms with Gasteiger partial charge in [0.15, 0.2) is 9.84 Å². The Morgan fingerprint density at radius 1 is 1.35 bits per heavy atom. The lowest BCUT2D eigenvalue weighted by molar-refractivity contribution is -0.121. The van der Waals surface area contributed by atoms with Crippen molar-refractivity contribution in [3.05, 3.63) is 48.0 Å². The van der Waals surface area contributed by atoms with Gasteiger partial charge in [0.05, 0.1) is 16.3 Å². The van der Waals surface area contributed by atoms with Gasteiger partial charge in [-0.05, 0) is 31.2 Å². The summed E-state index contributed by atoms with van der Waals surface area (Å²) in [5.74, 6) is -0.877. The van der Waals surface area contributed by atoms with Gasteiger partial charge in [0.2, 0.25) is 5.91 Å². The van der Waals surface area contributed by atoms with Gasteiger partial charge in [-0.15, -0.1) is 0 Å². The van der Waals surface area contributed by atoms with E-state index in [4.69, 9.17) is 0 Å². The summed E-state index contributed by atoms with van der Waals surface area (Å²) in [6.45, 7) is 1.75. The zero-order chi connectivity index (χ0) is 17.0. The van der Waals surface area contributed by atoms with E-state index in [2.05, 4.69) is 10.4 Å². The van der Waals surface area contributed by atoms with Crippen LogP contribution in [0, 0.1) is 5.82 Å². The molecule has 0 saturated heterocycles. The molecule has 1 amide bonds. The van der Waals surface area contributed by atoms with E-state index in [0.29, 0.717) is 0 Å². The molecule has 6 nitrogen and oxygen atoms in total. The molecule has 0 unspecified atom stereocenters. The van der Waals surface area contributed by atoms with E-state index in [9.17, 15) is 17.6 Å². The number of carbonyl (C=O) groups is 1. The summed E-state index contributed by atoms with van der Waals surface area (Å²) in [7, 11) is -1.91. The standard InChI is InChI=1S/C15H18FN3O3S/c1-11(23(21,22)14-5-3-13(16)4-6-14)7-15(20)17-8-12-9-18-19(2)10-12/h3-6,9-11H,7-8H2,1-2H3,(H,17,20)/t11-/m0/s1. The molecule has 0 aliphatic rings. The smallest absolute Gasteiger partial charge is 0.221 e. The van der Waals surface area contributed by atoms with Gasteiger partial charge in [0.1, 0.15) is 5.82 Å². The fourth-order valence-electron chi connectivity index (χ4n) is 2.06. The number of nitrogens with zero attached hydrogens (tertiary/aromatic N) is 2. The van der Waals surface area contributed by atoms with Crippen LogP contribution in [0.3, 0.4) is 0 Å². The SMILES string of the molecule is C[C@@H](CC(=O)NCc1cnn(C)c1)S(=O)(=O)c1ccc(F)cc1. The number of nitrogens with one attached hydrogen (secondary N) is 1. The minimum absolute atomic E-state index is 0.00598. The van der Waals surface area contributed by atoms with Gasteiger partial charge in [-0.25, -0.2) is 12.8 Å². The lowest BCUT2D eigenvalue weighted by Gasteiger charge is -2.13. The Hall–Kier alpha value is -2.22. The number of amides is 1. The van der Waals surface area contributed by atoms with Crippen molar-refractivity contribution in [2.24, 2.45) is 7.05 Å². The van der Waals surface area contributed by atoms with Crippen molar-refractivity contribution < 1.29 is 17.6 Å². The molecule has 0 fully saturated rings. The van der Waals surface area contributed by atoms with Crippen molar-refractivity contribution >= 4 is 15.7 Å². The molecule has 0 aliphatic carbocycles. The van der Waals surface area contributed by atoms with Crippen LogP contribution in [-0.2, 0) is 28.2 Å². The minimum atomic E-state index is -3.67. The maximum Gasteiger partial charge on any atom is 0.221 e. The van der Waals surface area contributed by atoms with Gasteiger partial charge in [-0.3, -0.25) is 9.48 Å². The molecule has 8 heteroatoms. The zero-order valence-corrected chi connectivity index (χ0v) is 13.7. The van der Waals surface area contributed by atoms with Gasteiger partial charge in [-0.1, -0.05) is 0 Å². The Balaban J connectivity index is 1.95. The topological polar surface area (TPSA) is 81.1 Å². The van der Waals surface area contributed by atoms with Crippen molar-refractivity contribution in [2.75, 3.05) is 0 Å². The Kier molecular flexibility index (Phi) is 5.15. The van der Waals surface area contributed by atoms with E-state index in [1.54, 1.807) is 24.1 Å². The van der Waals surface area contributed by atoms with Crippen LogP contribution in [0.1, 0.15) is 18.9 Å². The molecular weight excluding hydrogens is 321 g/mol. The van der Waals surface area contributed by atoms with Crippen molar-refractivity contribution in [3.63, 3.8) is 0 Å². The molecule has 1 atom stereocenters. The highest BCUT2D eigenvalue weighted by molar-refractivity contribution is 7.92. The number of hydrogen-bond donors (Lipinski definition) is 1. The Morgan fingerprint density at radius 2 is 2.00 bits per heavy atom. The first-order chi connectivity index (χ1) is 10.8. The molecule has 0 saturated carbocycles. The van der Waals surface area contributed by atoms with E-state index < -0.39 is 20.9 Å². The molecule has 1 heterocycles. The van der Waals surface area contributed by atoms with Crippen LogP contribution in [0.25, 0.3) is 0 Å². The molecule has 1 aromatic heterocycles. The molecule has 0 aliphatic heterocycles. The van der Waals surface area contributed by atoms with Crippen LogP contribution in [-0.4, -0.2) is 29.4 Å². The lowest BCUT2D eigenvalue weighted by Crippen LogP contribution is -2.29. The molecule has 0 spiro atoms. The molecule has 1 N–H and O–H groups in total. The number of benzene rings is 1. The normalized spacial score (nSPS) is 12.8. The van der Waals surface area contributed by atoms with E-state index in [1.807, 2.05) is 0 Å². The second-order valence-electron chi connectivity index (χ2n) is 5.31. The van der Waals surface area contributed by atoms with Crippen molar-refractivity contribution in [2.45, 2.75) is 30.0 Å². The van der Waals surface area contributed by atoms with Gasteiger partial charge in [0.25, 0.3) is 0 Å². The van der Waals surface area contributed by atoms with Crippen molar-refractivity contribution in [1.82, 2.24) is 15.1 Å². The second-order valence-corrected chi connectivity index (χ2v) is 7.68. The zero-order valence-electron chi connectivity index (χ0n) is 12.9. The predicted molar refractivity (Wildman–Crippen MR) is 82.7 cm³/mol. The minimum Gasteiger partial charge on any atom is -0.352 e. The highest BCUT2D eigenvalue weighted by Crippen LogP contribution is 2.18. The van der Waals surface area contributed by atoms with Crippen LogP contribution in [0.2, 0.25) is 0 Å². The van der Waals surface area contributed by atoms with Crippen LogP contribution in [0.15, 0.2) is 41.6 Å². The lowest BCUT2D eigenvalue weighted by atomic mass is 10.3. The van der Waals surface area contributed by atoms with Crippen LogP contribution >= 0.6 is 0 Å². The highest BCUT2D eigenvalue weighted by Gasteiger charge is 2.25. The summed E-state index contributed by atoms with van der Waals surface area (Å²) in [5.41, 5.74) is 0.829. The number of rotatable bonds is 6. The predicted octanol–water partition coefficient (Wildman–Crippen LogP) is 1.43. The third-order valence-electron chi connectivity index (χ3n) is 3.39. The number of sulfone groups is 1. The summed E-state index contributed by atoms with van der Waals surface area (Å²) >= 11 is 0. The number of aryl methyl sites for hydroxylation is 1. The summed E-state index contributed by atoms with van der Waals surface area (Å²) < 4.78 is 39.2. The maximum absolute atomic E-state index is 12.9. The quantitative estimate of drug-likeness (QED) is 0.807. The molecule has 23 heavy (non-hydrogen) atoms. The molecule has 124 valence electrons. The average molecular weight is 339 g/mol. The molecule has 2 aromatic rings. The Morgan fingerprint density at radius 3 is 2.57 bits per heavy atom. The largest absolute Gasteiger partial charge is 0.352 e.